The Morgan fingerprint density at radius 3 is 2.22 bits per heavy atom. The molecule has 128 valence electrons. The molecule has 2 fully saturated rings. The first-order valence-electron chi connectivity index (χ1n) is 9.78. The van der Waals surface area contributed by atoms with Gasteiger partial charge in [0, 0.05) is 5.54 Å². The molecule has 0 radical (unpaired) electrons. The molecule has 3 rings (SSSR count). The van der Waals surface area contributed by atoms with Crippen molar-refractivity contribution < 1.29 is 0 Å². The molecule has 0 aliphatic heterocycles. The Morgan fingerprint density at radius 1 is 0.957 bits per heavy atom. The first-order chi connectivity index (χ1) is 10.9. The van der Waals surface area contributed by atoms with Crippen molar-refractivity contribution in [1.82, 2.24) is 0 Å². The van der Waals surface area contributed by atoms with Gasteiger partial charge in [-0.2, -0.15) is 0 Å². The summed E-state index contributed by atoms with van der Waals surface area (Å²) in [6.45, 7) is 7.21. The van der Waals surface area contributed by atoms with Gasteiger partial charge in [-0.3, -0.25) is 0 Å². The summed E-state index contributed by atoms with van der Waals surface area (Å²) in [4.78, 5) is 0. The van der Waals surface area contributed by atoms with Crippen molar-refractivity contribution in [2.75, 3.05) is 0 Å². The van der Waals surface area contributed by atoms with E-state index in [2.05, 4.69) is 45.0 Å². The summed E-state index contributed by atoms with van der Waals surface area (Å²) in [5, 5.41) is 0. The van der Waals surface area contributed by atoms with Crippen molar-refractivity contribution in [3.63, 3.8) is 0 Å². The van der Waals surface area contributed by atoms with E-state index in [0.717, 1.165) is 24.7 Å². The molecule has 2 aliphatic rings. The molecule has 2 saturated carbocycles. The van der Waals surface area contributed by atoms with Gasteiger partial charge in [0.15, 0.2) is 0 Å². The van der Waals surface area contributed by atoms with Gasteiger partial charge in [-0.05, 0) is 66.9 Å². The van der Waals surface area contributed by atoms with Crippen LogP contribution in [0.1, 0.15) is 95.6 Å². The number of hydrogen-bond donors (Lipinski definition) is 1. The SMILES string of the molecule is CC(C)(C)C1CCC(c2cccc(C3(N)CCCCC3)c2)CC1. The van der Waals surface area contributed by atoms with Crippen molar-refractivity contribution in [3.05, 3.63) is 35.4 Å². The largest absolute Gasteiger partial charge is 0.321 e. The zero-order valence-corrected chi connectivity index (χ0v) is 15.4. The molecule has 1 nitrogen and oxygen atoms in total. The molecule has 1 aromatic rings. The maximum Gasteiger partial charge on any atom is 0.0409 e. The van der Waals surface area contributed by atoms with Crippen molar-refractivity contribution in [2.45, 2.75) is 90.0 Å². The van der Waals surface area contributed by atoms with E-state index >= 15 is 0 Å². The van der Waals surface area contributed by atoms with E-state index in [1.54, 1.807) is 5.56 Å². The standard InChI is InChI=1S/C22H35N/c1-21(2,3)19-12-10-17(11-13-19)18-8-7-9-20(16-18)22(23)14-5-4-6-15-22/h7-9,16-17,19H,4-6,10-15,23H2,1-3H3. The lowest BCUT2D eigenvalue weighted by molar-refractivity contribution is 0.169. The minimum atomic E-state index is -0.0587. The summed E-state index contributed by atoms with van der Waals surface area (Å²) in [6, 6.07) is 9.32. The fraction of sp³-hybridized carbons (Fsp3) is 0.727. The average molecular weight is 314 g/mol. The number of benzene rings is 1. The van der Waals surface area contributed by atoms with Crippen molar-refractivity contribution in [1.29, 1.82) is 0 Å². The third-order valence-corrected chi connectivity index (χ3v) is 6.63. The highest BCUT2D eigenvalue weighted by Gasteiger charge is 2.32. The van der Waals surface area contributed by atoms with Gasteiger partial charge in [0.25, 0.3) is 0 Å². The quantitative estimate of drug-likeness (QED) is 0.699. The van der Waals surface area contributed by atoms with Crippen molar-refractivity contribution >= 4 is 0 Å². The first-order valence-corrected chi connectivity index (χ1v) is 9.78. The molecule has 2 N–H and O–H groups in total. The lowest BCUT2D eigenvalue weighted by atomic mass is 9.68. The monoisotopic (exact) mass is 313 g/mol. The highest BCUT2D eigenvalue weighted by atomic mass is 14.7. The zero-order valence-electron chi connectivity index (χ0n) is 15.4. The van der Waals surface area contributed by atoms with Crippen molar-refractivity contribution in [3.8, 4) is 0 Å². The molecule has 23 heavy (non-hydrogen) atoms. The number of hydrogen-bond acceptors (Lipinski definition) is 1. The molecule has 0 heterocycles. The number of nitrogens with two attached hydrogens (primary N) is 1. The van der Waals surface area contributed by atoms with Crippen LogP contribution in [0, 0.1) is 11.3 Å². The summed E-state index contributed by atoms with van der Waals surface area (Å²) in [5.74, 6) is 1.64. The second-order valence-electron chi connectivity index (χ2n) is 9.26. The molecular weight excluding hydrogens is 278 g/mol. The summed E-state index contributed by atoms with van der Waals surface area (Å²) in [6.07, 6.45) is 11.7. The third-order valence-electron chi connectivity index (χ3n) is 6.63. The molecular formula is C22H35N. The molecule has 0 aromatic heterocycles. The molecule has 2 aliphatic carbocycles. The van der Waals surface area contributed by atoms with Gasteiger partial charge in [0.1, 0.15) is 0 Å². The van der Waals surface area contributed by atoms with E-state index in [1.807, 2.05) is 0 Å². The normalized spacial score (nSPS) is 28.5. The second-order valence-corrected chi connectivity index (χ2v) is 9.26. The van der Waals surface area contributed by atoms with Crippen LogP contribution in [0.3, 0.4) is 0 Å². The van der Waals surface area contributed by atoms with Crippen LogP contribution in [0.5, 0.6) is 0 Å². The van der Waals surface area contributed by atoms with Crippen LogP contribution in [-0.2, 0) is 5.54 Å². The molecule has 0 spiro atoms. The maximum atomic E-state index is 6.76. The zero-order chi connectivity index (χ0) is 16.5. The highest BCUT2D eigenvalue weighted by Crippen LogP contribution is 2.44. The first kappa shape index (κ1) is 17.0. The van der Waals surface area contributed by atoms with E-state index in [4.69, 9.17) is 5.73 Å². The third kappa shape index (κ3) is 3.82. The summed E-state index contributed by atoms with van der Waals surface area (Å²) in [5.41, 5.74) is 10.1. The topological polar surface area (TPSA) is 26.0 Å². The van der Waals surface area contributed by atoms with Crippen LogP contribution in [-0.4, -0.2) is 0 Å². The minimum Gasteiger partial charge on any atom is -0.321 e. The smallest absolute Gasteiger partial charge is 0.0409 e. The molecule has 1 aromatic carbocycles. The van der Waals surface area contributed by atoms with Gasteiger partial charge in [-0.1, -0.05) is 64.3 Å². The van der Waals surface area contributed by atoms with Crippen LogP contribution in [0.15, 0.2) is 24.3 Å². The van der Waals surface area contributed by atoms with Gasteiger partial charge in [0.2, 0.25) is 0 Å². The maximum absolute atomic E-state index is 6.76. The summed E-state index contributed by atoms with van der Waals surface area (Å²) >= 11 is 0. The Labute approximate surface area is 143 Å². The average Bonchev–Trinajstić information content (AvgIpc) is 2.55. The van der Waals surface area contributed by atoms with Crippen LogP contribution in [0.25, 0.3) is 0 Å². The van der Waals surface area contributed by atoms with Crippen LogP contribution >= 0.6 is 0 Å². The fourth-order valence-electron chi connectivity index (χ4n) is 4.87. The van der Waals surface area contributed by atoms with Gasteiger partial charge < -0.3 is 5.73 Å². The Bertz CT molecular complexity index is 511. The summed E-state index contributed by atoms with van der Waals surface area (Å²) in [7, 11) is 0. The van der Waals surface area contributed by atoms with E-state index in [1.165, 1.54) is 50.5 Å². The Balaban J connectivity index is 1.71. The Morgan fingerprint density at radius 2 is 1.61 bits per heavy atom. The van der Waals surface area contributed by atoms with Crippen LogP contribution in [0.2, 0.25) is 0 Å². The molecule has 0 amide bonds. The Hall–Kier alpha value is -0.820. The van der Waals surface area contributed by atoms with Crippen molar-refractivity contribution in [2.24, 2.45) is 17.1 Å². The van der Waals surface area contributed by atoms with Gasteiger partial charge in [-0.25, -0.2) is 0 Å². The molecule has 1 heteroatoms. The van der Waals surface area contributed by atoms with E-state index < -0.39 is 0 Å². The predicted molar refractivity (Wildman–Crippen MR) is 99.5 cm³/mol. The Kier molecular flexibility index (Phi) is 4.88. The second kappa shape index (κ2) is 6.59. The van der Waals surface area contributed by atoms with Crippen LogP contribution < -0.4 is 5.73 Å². The van der Waals surface area contributed by atoms with Crippen LogP contribution in [0.4, 0.5) is 0 Å². The molecule has 0 atom stereocenters. The van der Waals surface area contributed by atoms with Gasteiger partial charge in [-0.15, -0.1) is 0 Å². The van der Waals surface area contributed by atoms with Gasteiger partial charge >= 0.3 is 0 Å². The van der Waals surface area contributed by atoms with E-state index in [0.29, 0.717) is 5.41 Å². The highest BCUT2D eigenvalue weighted by molar-refractivity contribution is 5.32. The summed E-state index contributed by atoms with van der Waals surface area (Å²) < 4.78 is 0. The molecule has 0 saturated heterocycles. The lowest BCUT2D eigenvalue weighted by Crippen LogP contribution is -2.38. The van der Waals surface area contributed by atoms with Gasteiger partial charge in [0.05, 0.1) is 0 Å². The number of rotatable bonds is 2. The molecule has 0 unspecified atom stereocenters. The fourth-order valence-corrected chi connectivity index (χ4v) is 4.87. The predicted octanol–water partition coefficient (Wildman–Crippen LogP) is 6.12. The van der Waals surface area contributed by atoms with E-state index in [-0.39, 0.29) is 5.54 Å². The minimum absolute atomic E-state index is 0.0587. The lowest BCUT2D eigenvalue weighted by Gasteiger charge is -2.38. The molecule has 0 bridgehead atoms. The van der Waals surface area contributed by atoms with E-state index in [9.17, 15) is 0 Å².